The van der Waals surface area contributed by atoms with E-state index in [1.54, 1.807) is 23.5 Å². The number of hydrogen-bond donors (Lipinski definition) is 1. The van der Waals surface area contributed by atoms with Crippen LogP contribution in [0.15, 0.2) is 41.8 Å². The van der Waals surface area contributed by atoms with Crippen molar-refractivity contribution in [2.75, 3.05) is 13.6 Å². The van der Waals surface area contributed by atoms with Crippen molar-refractivity contribution in [3.05, 3.63) is 58.0 Å². The van der Waals surface area contributed by atoms with E-state index in [0.717, 1.165) is 18.5 Å². The van der Waals surface area contributed by atoms with Gasteiger partial charge in [0.1, 0.15) is 5.82 Å². The predicted molar refractivity (Wildman–Crippen MR) is 83.3 cm³/mol. The first-order chi connectivity index (χ1) is 9.58. The van der Waals surface area contributed by atoms with Crippen LogP contribution in [0.3, 0.4) is 0 Å². The lowest BCUT2D eigenvalue weighted by Gasteiger charge is -2.25. The number of halogens is 1. The second-order valence-corrected chi connectivity index (χ2v) is 6.10. The standard InChI is InChI=1S/C16H21FN2S/c1-12(16-4-3-11-20-16)19(2)10-9-15(18)13-5-7-14(17)8-6-13/h3-8,11-12,15H,9-10,18H2,1-2H3. The van der Waals surface area contributed by atoms with Crippen molar-refractivity contribution in [1.29, 1.82) is 0 Å². The third-order valence-corrected chi connectivity index (χ3v) is 4.75. The molecule has 0 bridgehead atoms. The molecule has 108 valence electrons. The lowest BCUT2D eigenvalue weighted by molar-refractivity contribution is 0.254. The normalized spacial score (nSPS) is 14.4. The van der Waals surface area contributed by atoms with Gasteiger partial charge in [-0.1, -0.05) is 18.2 Å². The van der Waals surface area contributed by atoms with E-state index in [1.165, 1.54) is 17.0 Å². The molecule has 0 aliphatic heterocycles. The van der Waals surface area contributed by atoms with Crippen molar-refractivity contribution in [1.82, 2.24) is 4.90 Å². The third kappa shape index (κ3) is 3.88. The maximum atomic E-state index is 12.9. The Morgan fingerprint density at radius 2 is 1.95 bits per heavy atom. The molecule has 1 heterocycles. The van der Waals surface area contributed by atoms with Crippen LogP contribution in [-0.2, 0) is 0 Å². The number of benzene rings is 1. The fourth-order valence-corrected chi connectivity index (χ4v) is 3.01. The van der Waals surface area contributed by atoms with E-state index in [1.807, 2.05) is 0 Å². The fraction of sp³-hybridized carbons (Fsp3) is 0.375. The van der Waals surface area contributed by atoms with E-state index in [0.29, 0.717) is 6.04 Å². The van der Waals surface area contributed by atoms with Crippen LogP contribution in [0.4, 0.5) is 4.39 Å². The number of thiophene rings is 1. The molecule has 2 nitrogen and oxygen atoms in total. The van der Waals surface area contributed by atoms with Gasteiger partial charge in [-0.05, 0) is 49.5 Å². The molecule has 0 saturated heterocycles. The molecule has 0 aliphatic carbocycles. The molecule has 0 spiro atoms. The Morgan fingerprint density at radius 3 is 2.55 bits per heavy atom. The van der Waals surface area contributed by atoms with Crippen molar-refractivity contribution in [3.8, 4) is 0 Å². The molecule has 0 aliphatic rings. The van der Waals surface area contributed by atoms with Gasteiger partial charge in [-0.3, -0.25) is 4.90 Å². The smallest absolute Gasteiger partial charge is 0.123 e. The zero-order valence-corrected chi connectivity index (χ0v) is 12.7. The Kier molecular flexibility index (Phi) is 5.29. The van der Waals surface area contributed by atoms with Gasteiger partial charge in [0.25, 0.3) is 0 Å². The van der Waals surface area contributed by atoms with Gasteiger partial charge >= 0.3 is 0 Å². The van der Waals surface area contributed by atoms with Crippen molar-refractivity contribution >= 4 is 11.3 Å². The first kappa shape index (κ1) is 15.2. The zero-order chi connectivity index (χ0) is 14.5. The largest absolute Gasteiger partial charge is 0.324 e. The van der Waals surface area contributed by atoms with Gasteiger partial charge in [0.05, 0.1) is 0 Å². The highest BCUT2D eigenvalue weighted by Gasteiger charge is 2.14. The number of rotatable bonds is 6. The summed E-state index contributed by atoms with van der Waals surface area (Å²) in [6.07, 6.45) is 0.859. The zero-order valence-electron chi connectivity index (χ0n) is 11.9. The second kappa shape index (κ2) is 6.97. The minimum Gasteiger partial charge on any atom is -0.324 e. The van der Waals surface area contributed by atoms with Crippen molar-refractivity contribution in [2.45, 2.75) is 25.4 Å². The SMILES string of the molecule is CC(c1cccs1)N(C)CCC(N)c1ccc(F)cc1. The molecule has 2 unspecified atom stereocenters. The molecule has 2 N–H and O–H groups in total. The second-order valence-electron chi connectivity index (χ2n) is 5.12. The van der Waals surface area contributed by atoms with Crippen LogP contribution in [-0.4, -0.2) is 18.5 Å². The number of nitrogens with zero attached hydrogens (tertiary/aromatic N) is 1. The topological polar surface area (TPSA) is 29.3 Å². The minimum absolute atomic E-state index is 0.0476. The molecule has 0 fully saturated rings. The quantitative estimate of drug-likeness (QED) is 0.873. The van der Waals surface area contributed by atoms with Crippen LogP contribution in [0, 0.1) is 5.82 Å². The van der Waals surface area contributed by atoms with Crippen LogP contribution >= 0.6 is 11.3 Å². The molecular formula is C16H21FN2S. The van der Waals surface area contributed by atoms with Crippen LogP contribution < -0.4 is 5.73 Å². The highest BCUT2D eigenvalue weighted by molar-refractivity contribution is 7.10. The summed E-state index contributed by atoms with van der Waals surface area (Å²) in [5.41, 5.74) is 7.16. The summed E-state index contributed by atoms with van der Waals surface area (Å²) in [7, 11) is 2.11. The summed E-state index contributed by atoms with van der Waals surface area (Å²) in [6, 6.07) is 11.1. The van der Waals surface area contributed by atoms with Crippen molar-refractivity contribution in [3.63, 3.8) is 0 Å². The van der Waals surface area contributed by atoms with E-state index in [-0.39, 0.29) is 11.9 Å². The maximum Gasteiger partial charge on any atom is 0.123 e. The van der Waals surface area contributed by atoms with Crippen LogP contribution in [0.1, 0.15) is 35.9 Å². The molecule has 20 heavy (non-hydrogen) atoms. The van der Waals surface area contributed by atoms with Crippen molar-refractivity contribution in [2.24, 2.45) is 5.73 Å². The van der Waals surface area contributed by atoms with E-state index in [4.69, 9.17) is 5.73 Å². The van der Waals surface area contributed by atoms with Crippen LogP contribution in [0.5, 0.6) is 0 Å². The van der Waals surface area contributed by atoms with Gasteiger partial charge in [-0.15, -0.1) is 11.3 Å². The number of nitrogens with two attached hydrogens (primary N) is 1. The highest BCUT2D eigenvalue weighted by Crippen LogP contribution is 2.24. The summed E-state index contributed by atoms with van der Waals surface area (Å²) >= 11 is 1.78. The third-order valence-electron chi connectivity index (χ3n) is 3.71. The molecule has 0 amide bonds. The van der Waals surface area contributed by atoms with E-state index < -0.39 is 0 Å². The molecule has 1 aromatic carbocycles. The Labute approximate surface area is 124 Å². The summed E-state index contributed by atoms with van der Waals surface area (Å²) < 4.78 is 12.9. The summed E-state index contributed by atoms with van der Waals surface area (Å²) in [4.78, 5) is 3.66. The average molecular weight is 292 g/mol. The predicted octanol–water partition coefficient (Wildman–Crippen LogP) is 3.97. The monoisotopic (exact) mass is 292 g/mol. The summed E-state index contributed by atoms with van der Waals surface area (Å²) in [6.45, 7) is 3.12. The summed E-state index contributed by atoms with van der Waals surface area (Å²) in [5.74, 6) is -0.218. The van der Waals surface area contributed by atoms with Gasteiger partial charge < -0.3 is 5.73 Å². The molecule has 2 atom stereocenters. The van der Waals surface area contributed by atoms with Crippen LogP contribution in [0.2, 0.25) is 0 Å². The van der Waals surface area contributed by atoms with Gasteiger partial charge in [0.2, 0.25) is 0 Å². The fourth-order valence-electron chi connectivity index (χ4n) is 2.16. The number of hydrogen-bond acceptors (Lipinski definition) is 3. The Balaban J connectivity index is 1.86. The van der Waals surface area contributed by atoms with Crippen LogP contribution in [0.25, 0.3) is 0 Å². The van der Waals surface area contributed by atoms with E-state index in [9.17, 15) is 4.39 Å². The Hall–Kier alpha value is -1.23. The van der Waals surface area contributed by atoms with Gasteiger partial charge in [-0.2, -0.15) is 0 Å². The molecular weight excluding hydrogens is 271 g/mol. The molecule has 0 saturated carbocycles. The molecule has 1 aromatic heterocycles. The highest BCUT2D eigenvalue weighted by atomic mass is 32.1. The van der Waals surface area contributed by atoms with Gasteiger partial charge in [0.15, 0.2) is 0 Å². The van der Waals surface area contributed by atoms with E-state index in [2.05, 4.69) is 36.4 Å². The molecule has 0 radical (unpaired) electrons. The van der Waals surface area contributed by atoms with E-state index >= 15 is 0 Å². The molecule has 2 aromatic rings. The average Bonchev–Trinajstić information content (AvgIpc) is 2.98. The Bertz CT molecular complexity index is 510. The lowest BCUT2D eigenvalue weighted by Crippen LogP contribution is -2.26. The molecule has 2 rings (SSSR count). The molecule has 4 heteroatoms. The lowest BCUT2D eigenvalue weighted by atomic mass is 10.0. The van der Waals surface area contributed by atoms with Gasteiger partial charge in [0, 0.05) is 23.5 Å². The summed E-state index contributed by atoms with van der Waals surface area (Å²) in [5, 5.41) is 2.10. The van der Waals surface area contributed by atoms with Gasteiger partial charge in [-0.25, -0.2) is 4.39 Å². The first-order valence-corrected chi connectivity index (χ1v) is 7.70. The maximum absolute atomic E-state index is 12.9. The minimum atomic E-state index is -0.218. The van der Waals surface area contributed by atoms with Crippen molar-refractivity contribution < 1.29 is 4.39 Å². The first-order valence-electron chi connectivity index (χ1n) is 6.82. The Morgan fingerprint density at radius 1 is 1.25 bits per heavy atom.